The van der Waals surface area contributed by atoms with E-state index in [9.17, 15) is 4.79 Å². The molecule has 0 aromatic heterocycles. The van der Waals surface area contributed by atoms with Crippen molar-refractivity contribution in [2.75, 3.05) is 6.54 Å². The number of rotatable bonds is 3. The summed E-state index contributed by atoms with van der Waals surface area (Å²) < 4.78 is 0. The van der Waals surface area contributed by atoms with Crippen LogP contribution in [-0.2, 0) is 0 Å². The summed E-state index contributed by atoms with van der Waals surface area (Å²) >= 11 is 0. The number of nitrogens with one attached hydrogen (secondary N) is 1. The van der Waals surface area contributed by atoms with Crippen molar-refractivity contribution in [1.82, 2.24) is 4.90 Å². The maximum Gasteiger partial charge on any atom is 0.315 e. The van der Waals surface area contributed by atoms with Crippen LogP contribution in [0.4, 0.5) is 4.79 Å². The number of urea groups is 1. The Balaban J connectivity index is 4.12. The fourth-order valence-corrected chi connectivity index (χ4v) is 0.698. The van der Waals surface area contributed by atoms with E-state index in [1.165, 1.54) is 4.90 Å². The van der Waals surface area contributed by atoms with Gasteiger partial charge in [0.1, 0.15) is 5.84 Å². The molecular formula is C6H14N4O. The molecule has 0 atom stereocenters. The lowest BCUT2D eigenvalue weighted by Gasteiger charge is -2.23. The standard InChI is InChI=1S/C6H14N4O/c1-4(2)10(6(9)11)3-5(7)8/h4H,3H2,1-2H3,(H3,7,8)(H2,9,11). The van der Waals surface area contributed by atoms with Gasteiger partial charge in [-0.15, -0.1) is 0 Å². The van der Waals surface area contributed by atoms with E-state index in [0.717, 1.165) is 0 Å². The number of carbonyl (C=O) groups is 1. The fraction of sp³-hybridized carbons (Fsp3) is 0.667. The minimum atomic E-state index is -0.546. The van der Waals surface area contributed by atoms with Crippen LogP contribution in [0.25, 0.3) is 0 Å². The molecule has 64 valence electrons. The summed E-state index contributed by atoms with van der Waals surface area (Å²) in [5.74, 6) is -0.0579. The van der Waals surface area contributed by atoms with Crippen molar-refractivity contribution in [1.29, 1.82) is 5.41 Å². The molecule has 2 amide bonds. The molecule has 0 heterocycles. The molecule has 0 aromatic rings. The first-order valence-electron chi connectivity index (χ1n) is 3.34. The molecule has 0 fully saturated rings. The first-order chi connectivity index (χ1) is 4.95. The number of amides is 2. The maximum atomic E-state index is 10.7. The molecule has 5 N–H and O–H groups in total. The Bertz CT molecular complexity index is 166. The topological polar surface area (TPSA) is 96.2 Å². The average molecular weight is 158 g/mol. The Morgan fingerprint density at radius 1 is 1.55 bits per heavy atom. The lowest BCUT2D eigenvalue weighted by molar-refractivity contribution is 0.202. The van der Waals surface area contributed by atoms with E-state index >= 15 is 0 Å². The van der Waals surface area contributed by atoms with Gasteiger partial charge in [-0.1, -0.05) is 0 Å². The van der Waals surface area contributed by atoms with Crippen molar-refractivity contribution in [2.45, 2.75) is 19.9 Å². The van der Waals surface area contributed by atoms with E-state index in [4.69, 9.17) is 16.9 Å². The minimum absolute atomic E-state index is 0.0172. The van der Waals surface area contributed by atoms with E-state index in [-0.39, 0.29) is 18.4 Å². The number of hydrogen-bond acceptors (Lipinski definition) is 2. The monoisotopic (exact) mass is 158 g/mol. The van der Waals surface area contributed by atoms with E-state index in [2.05, 4.69) is 0 Å². The van der Waals surface area contributed by atoms with Crippen LogP contribution in [0.1, 0.15) is 13.8 Å². The fourth-order valence-electron chi connectivity index (χ4n) is 0.698. The molecule has 0 aliphatic carbocycles. The van der Waals surface area contributed by atoms with Crippen molar-refractivity contribution >= 4 is 11.9 Å². The Kier molecular flexibility index (Phi) is 3.36. The number of primary amides is 1. The van der Waals surface area contributed by atoms with Gasteiger partial charge < -0.3 is 16.4 Å². The molecule has 0 unspecified atom stereocenters. The third-order valence-corrected chi connectivity index (χ3v) is 1.25. The Morgan fingerprint density at radius 2 is 2.00 bits per heavy atom. The van der Waals surface area contributed by atoms with Crippen LogP contribution >= 0.6 is 0 Å². The summed E-state index contributed by atoms with van der Waals surface area (Å²) in [6.45, 7) is 3.73. The van der Waals surface area contributed by atoms with E-state index in [0.29, 0.717) is 0 Å². The van der Waals surface area contributed by atoms with Crippen LogP contribution in [0.15, 0.2) is 0 Å². The first kappa shape index (κ1) is 9.74. The highest BCUT2D eigenvalue weighted by atomic mass is 16.2. The van der Waals surface area contributed by atoms with Crippen molar-refractivity contribution in [3.05, 3.63) is 0 Å². The zero-order valence-electron chi connectivity index (χ0n) is 6.79. The second kappa shape index (κ2) is 3.80. The van der Waals surface area contributed by atoms with Crippen LogP contribution < -0.4 is 11.5 Å². The van der Waals surface area contributed by atoms with Gasteiger partial charge in [-0.25, -0.2) is 4.79 Å². The molecule has 0 spiro atoms. The third kappa shape index (κ3) is 3.44. The predicted octanol–water partition coefficient (Wildman–Crippen LogP) is -0.289. The van der Waals surface area contributed by atoms with Crippen LogP contribution in [0.5, 0.6) is 0 Å². The van der Waals surface area contributed by atoms with Gasteiger partial charge in [0.15, 0.2) is 0 Å². The molecule has 0 radical (unpaired) electrons. The first-order valence-corrected chi connectivity index (χ1v) is 3.34. The summed E-state index contributed by atoms with van der Waals surface area (Å²) in [7, 11) is 0. The molecule has 11 heavy (non-hydrogen) atoms. The quantitative estimate of drug-likeness (QED) is 0.388. The number of nitrogens with two attached hydrogens (primary N) is 2. The molecule has 0 bridgehead atoms. The number of amidine groups is 1. The predicted molar refractivity (Wildman–Crippen MR) is 43.3 cm³/mol. The zero-order chi connectivity index (χ0) is 9.02. The van der Waals surface area contributed by atoms with Gasteiger partial charge in [-0.2, -0.15) is 0 Å². The number of carbonyl (C=O) groups excluding carboxylic acids is 1. The highest BCUT2D eigenvalue weighted by Gasteiger charge is 2.13. The van der Waals surface area contributed by atoms with Gasteiger partial charge in [0.05, 0.1) is 6.54 Å². The van der Waals surface area contributed by atoms with Gasteiger partial charge in [0.25, 0.3) is 0 Å². The second-order valence-electron chi connectivity index (χ2n) is 2.59. The molecular weight excluding hydrogens is 144 g/mol. The third-order valence-electron chi connectivity index (χ3n) is 1.25. The lowest BCUT2D eigenvalue weighted by Crippen LogP contribution is -2.45. The van der Waals surface area contributed by atoms with Gasteiger partial charge in [-0.3, -0.25) is 5.41 Å². The van der Waals surface area contributed by atoms with Gasteiger partial charge >= 0.3 is 6.03 Å². The molecule has 0 saturated heterocycles. The summed E-state index contributed by atoms with van der Waals surface area (Å²) in [5, 5.41) is 6.94. The van der Waals surface area contributed by atoms with E-state index < -0.39 is 6.03 Å². The lowest BCUT2D eigenvalue weighted by atomic mass is 10.3. The van der Waals surface area contributed by atoms with Crippen LogP contribution in [0, 0.1) is 5.41 Å². The number of hydrogen-bond donors (Lipinski definition) is 3. The van der Waals surface area contributed by atoms with Gasteiger partial charge in [0, 0.05) is 6.04 Å². The summed E-state index contributed by atoms with van der Waals surface area (Å²) in [5.41, 5.74) is 10.1. The highest BCUT2D eigenvalue weighted by Crippen LogP contribution is 1.95. The average Bonchev–Trinajstić information content (AvgIpc) is 1.81. The van der Waals surface area contributed by atoms with Crippen molar-refractivity contribution in [2.24, 2.45) is 11.5 Å². The largest absolute Gasteiger partial charge is 0.386 e. The smallest absolute Gasteiger partial charge is 0.315 e. The van der Waals surface area contributed by atoms with Gasteiger partial charge in [-0.05, 0) is 13.8 Å². The summed E-state index contributed by atoms with van der Waals surface area (Å²) in [4.78, 5) is 12.0. The molecule has 0 aromatic carbocycles. The Morgan fingerprint density at radius 3 is 2.09 bits per heavy atom. The SMILES string of the molecule is CC(C)N(CC(=N)N)C(N)=O. The Hall–Kier alpha value is -1.26. The zero-order valence-corrected chi connectivity index (χ0v) is 6.79. The molecule has 0 rings (SSSR count). The second-order valence-corrected chi connectivity index (χ2v) is 2.59. The summed E-state index contributed by atoms with van der Waals surface area (Å²) in [6, 6.07) is -0.563. The molecule has 0 aliphatic heterocycles. The van der Waals surface area contributed by atoms with E-state index in [1.54, 1.807) is 0 Å². The van der Waals surface area contributed by atoms with Crippen molar-refractivity contribution < 1.29 is 4.79 Å². The maximum absolute atomic E-state index is 10.7. The Labute approximate surface area is 65.9 Å². The van der Waals surface area contributed by atoms with E-state index in [1.807, 2.05) is 13.8 Å². The van der Waals surface area contributed by atoms with Crippen LogP contribution in [0.2, 0.25) is 0 Å². The van der Waals surface area contributed by atoms with Crippen LogP contribution in [-0.4, -0.2) is 29.4 Å². The van der Waals surface area contributed by atoms with Gasteiger partial charge in [0.2, 0.25) is 0 Å². The van der Waals surface area contributed by atoms with Crippen LogP contribution in [0.3, 0.4) is 0 Å². The van der Waals surface area contributed by atoms with Crippen molar-refractivity contribution in [3.63, 3.8) is 0 Å². The van der Waals surface area contributed by atoms with Crippen molar-refractivity contribution in [3.8, 4) is 0 Å². The molecule has 5 nitrogen and oxygen atoms in total. The molecule has 0 aliphatic rings. The number of nitrogens with zero attached hydrogens (tertiary/aromatic N) is 1. The summed E-state index contributed by atoms with van der Waals surface area (Å²) in [6.07, 6.45) is 0. The molecule has 5 heteroatoms. The molecule has 0 saturated carbocycles. The minimum Gasteiger partial charge on any atom is -0.386 e. The normalized spacial score (nSPS) is 9.73. The highest BCUT2D eigenvalue weighted by molar-refractivity contribution is 5.84.